The second-order valence-electron chi connectivity index (χ2n) is 4.29. The highest BCUT2D eigenvalue weighted by Crippen LogP contribution is 2.23. The highest BCUT2D eigenvalue weighted by atomic mass is 16.5. The molecule has 0 aliphatic carbocycles. The average molecular weight is 208 g/mol. The first-order valence-electron chi connectivity index (χ1n) is 5.74. The Morgan fingerprint density at radius 2 is 2.27 bits per heavy atom. The zero-order valence-electron chi connectivity index (χ0n) is 9.82. The van der Waals surface area contributed by atoms with Gasteiger partial charge in [0.05, 0.1) is 0 Å². The van der Waals surface area contributed by atoms with Crippen molar-refractivity contribution < 1.29 is 9.53 Å². The number of hydrogen-bond acceptors (Lipinski definition) is 2. The molecule has 2 heteroatoms. The molecule has 0 N–H and O–H groups in total. The maximum atomic E-state index is 11.1. The molecule has 1 rings (SSSR count). The van der Waals surface area contributed by atoms with Crippen LogP contribution in [0.1, 0.15) is 40.0 Å². The van der Waals surface area contributed by atoms with Crippen LogP contribution in [0.2, 0.25) is 0 Å². The minimum Gasteiger partial charge on any atom is -0.454 e. The lowest BCUT2D eigenvalue weighted by atomic mass is 9.99. The Bertz CT molecular complexity index is 274. The summed E-state index contributed by atoms with van der Waals surface area (Å²) in [5.74, 6) is 0.141. The minimum absolute atomic E-state index is 0.0459. The molecular weight excluding hydrogens is 188 g/mol. The van der Waals surface area contributed by atoms with Gasteiger partial charge in [0.1, 0.15) is 6.10 Å². The van der Waals surface area contributed by atoms with Gasteiger partial charge in [-0.3, -0.25) is 0 Å². The minimum atomic E-state index is -0.205. The molecule has 1 atom stereocenters. The number of hydrogen-bond donors (Lipinski definition) is 0. The lowest BCUT2D eigenvalue weighted by Crippen LogP contribution is -2.17. The van der Waals surface area contributed by atoms with Crippen LogP contribution < -0.4 is 0 Å². The first kappa shape index (κ1) is 12.0. The van der Waals surface area contributed by atoms with Gasteiger partial charge in [0.15, 0.2) is 0 Å². The molecule has 0 aromatic rings. The molecule has 1 aliphatic heterocycles. The first-order valence-corrected chi connectivity index (χ1v) is 5.74. The summed E-state index contributed by atoms with van der Waals surface area (Å²) in [6.07, 6.45) is 9.20. The molecule has 0 bridgehead atoms. The van der Waals surface area contributed by atoms with Gasteiger partial charge < -0.3 is 4.74 Å². The van der Waals surface area contributed by atoms with Crippen molar-refractivity contribution in [2.75, 3.05) is 0 Å². The number of cyclic esters (lactones) is 1. The molecule has 0 saturated heterocycles. The predicted octanol–water partition coefficient (Wildman–Crippen LogP) is 3.24. The maximum Gasteiger partial charge on any atom is 0.331 e. The molecule has 0 radical (unpaired) electrons. The van der Waals surface area contributed by atoms with Crippen LogP contribution in [0.5, 0.6) is 0 Å². The summed E-state index contributed by atoms with van der Waals surface area (Å²) in [4.78, 5) is 11.1. The monoisotopic (exact) mass is 208 g/mol. The van der Waals surface area contributed by atoms with E-state index in [0.29, 0.717) is 5.92 Å². The van der Waals surface area contributed by atoms with Crippen molar-refractivity contribution in [2.45, 2.75) is 46.1 Å². The fourth-order valence-corrected chi connectivity index (χ4v) is 1.65. The lowest BCUT2D eigenvalue weighted by Gasteiger charge is -2.15. The lowest BCUT2D eigenvalue weighted by molar-refractivity contribution is -0.140. The van der Waals surface area contributed by atoms with Gasteiger partial charge in [-0.25, -0.2) is 4.79 Å². The molecule has 0 spiro atoms. The number of carbonyl (C=O) groups is 1. The third-order valence-corrected chi connectivity index (χ3v) is 2.50. The van der Waals surface area contributed by atoms with Gasteiger partial charge in [-0.05, 0) is 17.9 Å². The standard InChI is InChI=1S/C13H20O2/c1-4-5-6-7-8-11-9-12(14)15-13(11)10(2)3/h7-10,13H,4-6H2,1-3H3/b8-7+. The summed E-state index contributed by atoms with van der Waals surface area (Å²) in [5.41, 5.74) is 1.02. The number of ether oxygens (including phenoxy) is 1. The Morgan fingerprint density at radius 3 is 2.87 bits per heavy atom. The zero-order valence-corrected chi connectivity index (χ0v) is 9.82. The van der Waals surface area contributed by atoms with Crippen LogP contribution in [0.25, 0.3) is 0 Å². The van der Waals surface area contributed by atoms with Crippen LogP contribution in [0, 0.1) is 5.92 Å². The van der Waals surface area contributed by atoms with E-state index in [9.17, 15) is 4.79 Å². The summed E-state index contributed by atoms with van der Waals surface area (Å²) in [5, 5.41) is 0. The van der Waals surface area contributed by atoms with Gasteiger partial charge >= 0.3 is 5.97 Å². The number of carbonyl (C=O) groups excluding carboxylic acids is 1. The summed E-state index contributed by atoms with van der Waals surface area (Å²) >= 11 is 0. The van der Waals surface area contributed by atoms with E-state index < -0.39 is 0 Å². The van der Waals surface area contributed by atoms with Gasteiger partial charge in [-0.15, -0.1) is 0 Å². The highest BCUT2D eigenvalue weighted by molar-refractivity contribution is 5.86. The molecule has 1 unspecified atom stereocenters. The number of unbranched alkanes of at least 4 members (excludes halogenated alkanes) is 2. The molecule has 0 aromatic heterocycles. The van der Waals surface area contributed by atoms with Crippen LogP contribution in [0.15, 0.2) is 23.8 Å². The van der Waals surface area contributed by atoms with E-state index >= 15 is 0 Å². The fourth-order valence-electron chi connectivity index (χ4n) is 1.65. The summed E-state index contributed by atoms with van der Waals surface area (Å²) in [7, 11) is 0. The number of allylic oxidation sites excluding steroid dienone is 1. The molecule has 1 heterocycles. The largest absolute Gasteiger partial charge is 0.454 e. The quantitative estimate of drug-likeness (QED) is 0.512. The van der Waals surface area contributed by atoms with E-state index in [0.717, 1.165) is 12.0 Å². The average Bonchev–Trinajstić information content (AvgIpc) is 2.55. The molecule has 15 heavy (non-hydrogen) atoms. The number of esters is 1. The van der Waals surface area contributed by atoms with E-state index in [4.69, 9.17) is 4.74 Å². The van der Waals surface area contributed by atoms with Crippen LogP contribution in [0.4, 0.5) is 0 Å². The second-order valence-corrected chi connectivity index (χ2v) is 4.29. The second kappa shape index (κ2) is 5.74. The summed E-state index contributed by atoms with van der Waals surface area (Å²) in [6, 6.07) is 0. The first-order chi connectivity index (χ1) is 7.15. The maximum absolute atomic E-state index is 11.1. The van der Waals surface area contributed by atoms with E-state index in [2.05, 4.69) is 26.8 Å². The van der Waals surface area contributed by atoms with Crippen molar-refractivity contribution in [1.29, 1.82) is 0 Å². The zero-order chi connectivity index (χ0) is 11.3. The van der Waals surface area contributed by atoms with Gasteiger partial charge in [0, 0.05) is 6.08 Å². The van der Waals surface area contributed by atoms with Crippen molar-refractivity contribution in [3.05, 3.63) is 23.8 Å². The molecule has 2 nitrogen and oxygen atoms in total. The topological polar surface area (TPSA) is 26.3 Å². The fraction of sp³-hybridized carbons (Fsp3) is 0.615. The van der Waals surface area contributed by atoms with Gasteiger partial charge in [0.25, 0.3) is 0 Å². The highest BCUT2D eigenvalue weighted by Gasteiger charge is 2.26. The predicted molar refractivity (Wildman–Crippen MR) is 61.5 cm³/mol. The molecule has 0 saturated carbocycles. The normalized spacial score (nSPS) is 21.2. The Hall–Kier alpha value is -1.05. The smallest absolute Gasteiger partial charge is 0.331 e. The molecule has 1 aliphatic rings. The summed E-state index contributed by atoms with van der Waals surface area (Å²) in [6.45, 7) is 6.31. The van der Waals surface area contributed by atoms with Crippen LogP contribution in [-0.2, 0) is 9.53 Å². The molecule has 0 fully saturated rings. The van der Waals surface area contributed by atoms with Crippen molar-refractivity contribution in [3.8, 4) is 0 Å². The molecule has 0 amide bonds. The third-order valence-electron chi connectivity index (χ3n) is 2.50. The van der Waals surface area contributed by atoms with Crippen molar-refractivity contribution in [1.82, 2.24) is 0 Å². The third kappa shape index (κ3) is 3.54. The van der Waals surface area contributed by atoms with Crippen LogP contribution >= 0.6 is 0 Å². The van der Waals surface area contributed by atoms with Gasteiger partial charge in [0.2, 0.25) is 0 Å². The van der Waals surface area contributed by atoms with Crippen LogP contribution in [0.3, 0.4) is 0 Å². The van der Waals surface area contributed by atoms with Crippen molar-refractivity contribution in [2.24, 2.45) is 5.92 Å². The van der Waals surface area contributed by atoms with Gasteiger partial charge in [-0.1, -0.05) is 45.8 Å². The van der Waals surface area contributed by atoms with Crippen molar-refractivity contribution >= 4 is 5.97 Å². The van der Waals surface area contributed by atoms with Crippen LogP contribution in [-0.4, -0.2) is 12.1 Å². The van der Waals surface area contributed by atoms with E-state index in [-0.39, 0.29) is 12.1 Å². The SMILES string of the molecule is CCCC/C=C/C1=CC(=O)OC1C(C)C. The van der Waals surface area contributed by atoms with Gasteiger partial charge in [-0.2, -0.15) is 0 Å². The Kier molecular flexibility index (Phi) is 4.60. The molecule has 84 valence electrons. The van der Waals surface area contributed by atoms with E-state index in [1.165, 1.54) is 12.8 Å². The van der Waals surface area contributed by atoms with E-state index in [1.54, 1.807) is 6.08 Å². The summed E-state index contributed by atoms with van der Waals surface area (Å²) < 4.78 is 5.21. The molecular formula is C13H20O2. The Morgan fingerprint density at radius 1 is 1.53 bits per heavy atom. The number of rotatable bonds is 5. The Balaban J connectivity index is 2.54. The molecule has 0 aromatic carbocycles. The van der Waals surface area contributed by atoms with Crippen molar-refractivity contribution in [3.63, 3.8) is 0 Å². The Labute approximate surface area is 92.0 Å². The van der Waals surface area contributed by atoms with E-state index in [1.807, 2.05) is 6.08 Å².